The number of hydrogen-bond acceptors (Lipinski definition) is 3. The van der Waals surface area contributed by atoms with E-state index in [4.69, 9.17) is 27.9 Å². The minimum absolute atomic E-state index is 0.0284. The highest BCUT2D eigenvalue weighted by Crippen LogP contribution is 2.41. The van der Waals surface area contributed by atoms with Crippen LogP contribution in [0.15, 0.2) is 48.5 Å². The summed E-state index contributed by atoms with van der Waals surface area (Å²) in [5.74, 6) is -0.211. The summed E-state index contributed by atoms with van der Waals surface area (Å²) in [6, 6.07) is 14.3. The van der Waals surface area contributed by atoms with E-state index in [0.717, 1.165) is 11.1 Å². The molecule has 130 valence electrons. The third kappa shape index (κ3) is 3.71. The first-order valence-electron chi connectivity index (χ1n) is 7.88. The molecule has 2 aromatic carbocycles. The number of aldehydes is 1. The fraction of sp³-hybridized carbons (Fsp3) is 0.263. The Balaban J connectivity index is 2.03. The molecule has 1 fully saturated rings. The predicted molar refractivity (Wildman–Crippen MR) is 96.7 cm³/mol. The summed E-state index contributed by atoms with van der Waals surface area (Å²) in [6.45, 7) is 0. The smallest absolute Gasteiger partial charge is 0.252 e. The van der Waals surface area contributed by atoms with Crippen molar-refractivity contribution >= 4 is 35.4 Å². The van der Waals surface area contributed by atoms with Gasteiger partial charge in [-0.2, -0.15) is 0 Å². The van der Waals surface area contributed by atoms with Gasteiger partial charge in [0.2, 0.25) is 0 Å². The van der Waals surface area contributed by atoms with Gasteiger partial charge in [0.15, 0.2) is 0 Å². The fourth-order valence-corrected chi connectivity index (χ4v) is 3.34. The van der Waals surface area contributed by atoms with E-state index in [1.54, 1.807) is 36.2 Å². The van der Waals surface area contributed by atoms with Crippen molar-refractivity contribution in [2.24, 2.45) is 0 Å². The Morgan fingerprint density at radius 1 is 1.00 bits per heavy atom. The molecule has 1 saturated heterocycles. The lowest BCUT2D eigenvalue weighted by Crippen LogP contribution is -2.49. The van der Waals surface area contributed by atoms with Crippen LogP contribution in [0.1, 0.15) is 29.7 Å². The molecule has 25 heavy (non-hydrogen) atoms. The number of hydrogen-bond donors (Lipinski definition) is 0. The highest BCUT2D eigenvalue weighted by atomic mass is 35.5. The molecule has 0 bridgehead atoms. The van der Waals surface area contributed by atoms with Gasteiger partial charge < -0.3 is 14.4 Å². The summed E-state index contributed by atoms with van der Waals surface area (Å²) in [5, 5.41) is 1.24. The molecule has 0 aromatic heterocycles. The molecular formula is C19H17Cl2NO3. The molecule has 0 spiro atoms. The van der Waals surface area contributed by atoms with Crippen molar-refractivity contribution in [2.75, 3.05) is 7.05 Å². The first kappa shape index (κ1) is 17.9. The number of carbonyl (C=O) groups excluding carboxylic acids is 2. The van der Waals surface area contributed by atoms with Crippen molar-refractivity contribution in [3.05, 3.63) is 69.7 Å². The number of benzene rings is 2. The first-order valence-corrected chi connectivity index (χ1v) is 8.63. The maximum atomic E-state index is 12.6. The number of amides is 1. The molecular weight excluding hydrogens is 361 g/mol. The molecule has 3 rings (SSSR count). The number of ether oxygens (including phenoxy) is 1. The van der Waals surface area contributed by atoms with Gasteiger partial charge in [-0.25, -0.2) is 0 Å². The molecule has 1 aliphatic rings. The van der Waals surface area contributed by atoms with Gasteiger partial charge in [-0.3, -0.25) is 4.79 Å². The van der Waals surface area contributed by atoms with Gasteiger partial charge >= 0.3 is 0 Å². The highest BCUT2D eigenvalue weighted by molar-refractivity contribution is 6.30. The van der Waals surface area contributed by atoms with Gasteiger partial charge in [-0.05, 0) is 35.4 Å². The Kier molecular flexibility index (Phi) is 5.42. The average Bonchev–Trinajstić information content (AvgIpc) is 2.61. The van der Waals surface area contributed by atoms with Crippen LogP contribution in [0.3, 0.4) is 0 Å². The number of nitrogens with zero attached hydrogens (tertiary/aromatic N) is 1. The predicted octanol–water partition coefficient (Wildman–Crippen LogP) is 4.22. The number of halogens is 2. The van der Waals surface area contributed by atoms with Crippen LogP contribution < -0.4 is 0 Å². The second-order valence-electron chi connectivity index (χ2n) is 5.94. The van der Waals surface area contributed by atoms with E-state index < -0.39 is 12.2 Å². The molecule has 4 nitrogen and oxygen atoms in total. The van der Waals surface area contributed by atoms with Crippen molar-refractivity contribution in [1.82, 2.24) is 4.90 Å². The van der Waals surface area contributed by atoms with Crippen LogP contribution in [0.5, 0.6) is 0 Å². The Morgan fingerprint density at radius 3 is 2.04 bits per heavy atom. The Hall–Kier alpha value is -1.88. The Bertz CT molecular complexity index is 761. The Labute approximate surface area is 156 Å². The monoisotopic (exact) mass is 377 g/mol. The normalized spacial score (nSPS) is 23.6. The summed E-state index contributed by atoms with van der Waals surface area (Å²) >= 11 is 12.0. The van der Waals surface area contributed by atoms with E-state index in [0.29, 0.717) is 16.3 Å². The minimum Gasteiger partial charge on any atom is -0.357 e. The van der Waals surface area contributed by atoms with Crippen LogP contribution in [0.25, 0.3) is 0 Å². The third-order valence-corrected chi connectivity index (χ3v) is 4.86. The van der Waals surface area contributed by atoms with Crippen LogP contribution in [-0.4, -0.2) is 30.2 Å². The molecule has 1 unspecified atom stereocenters. The first-order chi connectivity index (χ1) is 12.0. The topological polar surface area (TPSA) is 46.6 Å². The van der Waals surface area contributed by atoms with Crippen LogP contribution >= 0.6 is 23.2 Å². The van der Waals surface area contributed by atoms with Crippen LogP contribution in [-0.2, 0) is 14.3 Å². The van der Waals surface area contributed by atoms with Crippen LogP contribution in [0.4, 0.5) is 0 Å². The maximum absolute atomic E-state index is 12.6. The number of rotatable bonds is 4. The molecule has 0 N–H and O–H groups in total. The summed E-state index contributed by atoms with van der Waals surface area (Å²) in [7, 11) is 1.73. The molecule has 1 aliphatic heterocycles. The summed E-state index contributed by atoms with van der Waals surface area (Å²) in [5.41, 5.74) is 1.80. The largest absolute Gasteiger partial charge is 0.357 e. The van der Waals surface area contributed by atoms with Crippen molar-refractivity contribution in [3.63, 3.8) is 0 Å². The van der Waals surface area contributed by atoms with Gasteiger partial charge in [-0.15, -0.1) is 0 Å². The van der Waals surface area contributed by atoms with Gasteiger partial charge in [0.1, 0.15) is 18.5 Å². The van der Waals surface area contributed by atoms with E-state index in [9.17, 15) is 9.59 Å². The molecule has 6 heteroatoms. The standard InChI is InChI=1S/C19H17Cl2NO3/c1-22-17(12-2-6-14(20)7-3-12)18(13-4-8-15(21)9-5-13)25-16(10-11-23)19(22)24/h2-9,11,16-18H,10H2,1H3/t16-,17?,18-/m0/s1. The zero-order chi connectivity index (χ0) is 18.0. The zero-order valence-corrected chi connectivity index (χ0v) is 15.1. The highest BCUT2D eigenvalue weighted by Gasteiger charge is 2.42. The third-order valence-electron chi connectivity index (χ3n) is 4.36. The number of carbonyl (C=O) groups is 2. The lowest BCUT2D eigenvalue weighted by Gasteiger charge is -2.42. The van der Waals surface area contributed by atoms with Crippen molar-refractivity contribution in [3.8, 4) is 0 Å². The quantitative estimate of drug-likeness (QED) is 0.749. The molecule has 0 aliphatic carbocycles. The van der Waals surface area contributed by atoms with Gasteiger partial charge in [-0.1, -0.05) is 47.5 Å². The maximum Gasteiger partial charge on any atom is 0.252 e. The lowest BCUT2D eigenvalue weighted by atomic mass is 9.92. The van der Waals surface area contributed by atoms with Gasteiger partial charge in [0.25, 0.3) is 5.91 Å². The molecule has 1 amide bonds. The second-order valence-corrected chi connectivity index (χ2v) is 6.82. The van der Waals surface area contributed by atoms with E-state index in [2.05, 4.69) is 0 Å². The molecule has 1 heterocycles. The molecule has 3 atom stereocenters. The van der Waals surface area contributed by atoms with Gasteiger partial charge in [0.05, 0.1) is 6.04 Å². The molecule has 2 aromatic rings. The van der Waals surface area contributed by atoms with Crippen LogP contribution in [0.2, 0.25) is 10.0 Å². The minimum atomic E-state index is -0.785. The average molecular weight is 378 g/mol. The van der Waals surface area contributed by atoms with Gasteiger partial charge in [0, 0.05) is 23.5 Å². The summed E-state index contributed by atoms with van der Waals surface area (Å²) in [6.07, 6.45) is -0.462. The van der Waals surface area contributed by atoms with Crippen molar-refractivity contribution in [2.45, 2.75) is 24.7 Å². The summed E-state index contributed by atoms with van der Waals surface area (Å²) < 4.78 is 6.03. The molecule has 0 saturated carbocycles. The number of likely N-dealkylation sites (N-methyl/N-ethyl adjacent to an activating group) is 1. The SMILES string of the molecule is CN1C(=O)[C@H](CC=O)O[C@@H](c2ccc(Cl)cc2)C1c1ccc(Cl)cc1. The second kappa shape index (κ2) is 7.56. The van der Waals surface area contributed by atoms with Crippen molar-refractivity contribution < 1.29 is 14.3 Å². The van der Waals surface area contributed by atoms with E-state index >= 15 is 0 Å². The molecule has 0 radical (unpaired) electrons. The van der Waals surface area contributed by atoms with Crippen LogP contribution in [0, 0.1) is 0 Å². The zero-order valence-electron chi connectivity index (χ0n) is 13.6. The van der Waals surface area contributed by atoms with E-state index in [1.807, 2.05) is 24.3 Å². The fourth-order valence-electron chi connectivity index (χ4n) is 3.09. The van der Waals surface area contributed by atoms with E-state index in [-0.39, 0.29) is 18.4 Å². The number of morpholine rings is 1. The lowest BCUT2D eigenvalue weighted by molar-refractivity contribution is -0.172. The Morgan fingerprint density at radius 2 is 1.52 bits per heavy atom. The summed E-state index contributed by atoms with van der Waals surface area (Å²) in [4.78, 5) is 25.2. The van der Waals surface area contributed by atoms with E-state index in [1.165, 1.54) is 0 Å². The van der Waals surface area contributed by atoms with Crippen molar-refractivity contribution in [1.29, 1.82) is 0 Å².